The van der Waals surface area contributed by atoms with Gasteiger partial charge in [0.1, 0.15) is 6.04 Å². The van der Waals surface area contributed by atoms with E-state index in [2.05, 4.69) is 0 Å². The Kier molecular flexibility index (Phi) is 5.21. The van der Waals surface area contributed by atoms with Gasteiger partial charge >= 0.3 is 0 Å². The summed E-state index contributed by atoms with van der Waals surface area (Å²) in [5.41, 5.74) is 2.73. The number of benzene rings is 2. The van der Waals surface area contributed by atoms with Gasteiger partial charge in [0.2, 0.25) is 5.91 Å². The van der Waals surface area contributed by atoms with Gasteiger partial charge in [-0.05, 0) is 36.1 Å². The first kappa shape index (κ1) is 17.7. The summed E-state index contributed by atoms with van der Waals surface area (Å²) in [7, 11) is 0. The molecule has 5 heteroatoms. The molecule has 140 valence electrons. The van der Waals surface area contributed by atoms with Crippen LogP contribution in [-0.2, 0) is 9.53 Å². The first-order chi connectivity index (χ1) is 13.2. The predicted molar refractivity (Wildman–Crippen MR) is 103 cm³/mol. The third kappa shape index (κ3) is 3.74. The summed E-state index contributed by atoms with van der Waals surface area (Å²) in [6.45, 7) is 3.01. The molecule has 0 aliphatic carbocycles. The normalized spacial score (nSPS) is 19.9. The van der Waals surface area contributed by atoms with Crippen molar-refractivity contribution in [3.05, 3.63) is 60.2 Å². The molecule has 1 atom stereocenters. The zero-order valence-corrected chi connectivity index (χ0v) is 15.3. The van der Waals surface area contributed by atoms with Crippen molar-refractivity contribution in [3.63, 3.8) is 0 Å². The van der Waals surface area contributed by atoms with Gasteiger partial charge in [-0.25, -0.2) is 0 Å². The Morgan fingerprint density at radius 2 is 1.63 bits per heavy atom. The second-order valence-corrected chi connectivity index (χ2v) is 7.04. The molecule has 5 nitrogen and oxygen atoms in total. The SMILES string of the molecule is O=C([C@@H]1CCCN1C(=O)c1cccc(-c2ccccc2)c1)N1CCOCC1. The molecule has 2 amide bonds. The molecule has 0 bridgehead atoms. The van der Waals surface area contributed by atoms with Crippen LogP contribution in [0.3, 0.4) is 0 Å². The molecule has 0 N–H and O–H groups in total. The van der Waals surface area contributed by atoms with Crippen LogP contribution >= 0.6 is 0 Å². The number of carbonyl (C=O) groups excluding carboxylic acids is 2. The van der Waals surface area contributed by atoms with E-state index < -0.39 is 0 Å². The number of rotatable bonds is 3. The lowest BCUT2D eigenvalue weighted by atomic mass is 10.0. The average molecular weight is 364 g/mol. The molecule has 2 aliphatic heterocycles. The number of ether oxygens (including phenoxy) is 1. The van der Waals surface area contributed by atoms with Crippen LogP contribution in [0.25, 0.3) is 11.1 Å². The Balaban J connectivity index is 1.54. The highest BCUT2D eigenvalue weighted by atomic mass is 16.5. The molecule has 2 heterocycles. The van der Waals surface area contributed by atoms with Gasteiger partial charge in [0, 0.05) is 25.2 Å². The van der Waals surface area contributed by atoms with Crippen LogP contribution in [0.15, 0.2) is 54.6 Å². The van der Waals surface area contributed by atoms with E-state index in [9.17, 15) is 9.59 Å². The van der Waals surface area contributed by atoms with E-state index in [0.717, 1.165) is 24.0 Å². The standard InChI is InChI=1S/C22H24N2O3/c25-21(19-9-4-8-18(16-19)17-6-2-1-3-7-17)24-11-5-10-20(24)22(26)23-12-14-27-15-13-23/h1-4,6-9,16,20H,5,10-15H2/t20-/m0/s1. The van der Waals surface area contributed by atoms with Gasteiger partial charge in [0.05, 0.1) is 13.2 Å². The monoisotopic (exact) mass is 364 g/mol. The van der Waals surface area contributed by atoms with Crippen LogP contribution in [0, 0.1) is 0 Å². The summed E-state index contributed by atoms with van der Waals surface area (Å²) >= 11 is 0. The maximum Gasteiger partial charge on any atom is 0.254 e. The molecule has 2 aromatic rings. The Morgan fingerprint density at radius 1 is 0.889 bits per heavy atom. The van der Waals surface area contributed by atoms with Gasteiger partial charge in [0.25, 0.3) is 5.91 Å². The minimum Gasteiger partial charge on any atom is -0.378 e. The fraction of sp³-hybridized carbons (Fsp3) is 0.364. The smallest absolute Gasteiger partial charge is 0.254 e. The highest BCUT2D eigenvalue weighted by Crippen LogP contribution is 2.25. The van der Waals surface area contributed by atoms with Crippen molar-refractivity contribution in [2.24, 2.45) is 0 Å². The number of amides is 2. The van der Waals surface area contributed by atoms with Gasteiger partial charge in [0.15, 0.2) is 0 Å². The lowest BCUT2D eigenvalue weighted by molar-refractivity contribution is -0.139. The largest absolute Gasteiger partial charge is 0.378 e. The molecule has 0 aromatic heterocycles. The van der Waals surface area contributed by atoms with E-state index in [1.165, 1.54) is 0 Å². The first-order valence-corrected chi connectivity index (χ1v) is 9.57. The molecule has 0 radical (unpaired) electrons. The summed E-state index contributed by atoms with van der Waals surface area (Å²) in [4.78, 5) is 29.7. The summed E-state index contributed by atoms with van der Waals surface area (Å²) in [6.07, 6.45) is 1.60. The Hall–Kier alpha value is -2.66. The third-order valence-corrected chi connectivity index (χ3v) is 5.34. The lowest BCUT2D eigenvalue weighted by Gasteiger charge is -2.32. The topological polar surface area (TPSA) is 49.9 Å². The average Bonchev–Trinajstić information content (AvgIpc) is 3.24. The van der Waals surface area contributed by atoms with E-state index in [4.69, 9.17) is 4.74 Å². The van der Waals surface area contributed by atoms with E-state index in [-0.39, 0.29) is 17.9 Å². The minimum absolute atomic E-state index is 0.0584. The molecule has 0 saturated carbocycles. The van der Waals surface area contributed by atoms with Crippen LogP contribution in [0.2, 0.25) is 0 Å². The van der Waals surface area contributed by atoms with Gasteiger partial charge in [-0.15, -0.1) is 0 Å². The molecular formula is C22H24N2O3. The van der Waals surface area contributed by atoms with E-state index in [1.807, 2.05) is 59.5 Å². The molecule has 0 spiro atoms. The Bertz CT molecular complexity index is 815. The molecule has 2 aromatic carbocycles. The molecule has 4 rings (SSSR count). The van der Waals surface area contributed by atoms with Crippen LogP contribution < -0.4 is 0 Å². The summed E-state index contributed by atoms with van der Waals surface area (Å²) < 4.78 is 5.34. The first-order valence-electron chi connectivity index (χ1n) is 9.57. The van der Waals surface area contributed by atoms with Crippen LogP contribution in [0.5, 0.6) is 0 Å². The summed E-state index contributed by atoms with van der Waals surface area (Å²) in [5.74, 6) is 0.000236. The van der Waals surface area contributed by atoms with Gasteiger partial charge in [-0.3, -0.25) is 9.59 Å². The van der Waals surface area contributed by atoms with Crippen molar-refractivity contribution < 1.29 is 14.3 Å². The number of likely N-dealkylation sites (tertiary alicyclic amines) is 1. The van der Waals surface area contributed by atoms with Crippen molar-refractivity contribution >= 4 is 11.8 Å². The number of morpholine rings is 1. The molecular weight excluding hydrogens is 340 g/mol. The van der Waals surface area contributed by atoms with E-state index in [0.29, 0.717) is 38.4 Å². The molecule has 2 saturated heterocycles. The maximum absolute atomic E-state index is 13.2. The predicted octanol–water partition coefficient (Wildman–Crippen LogP) is 2.82. The number of carbonyl (C=O) groups is 2. The minimum atomic E-state index is -0.351. The zero-order valence-electron chi connectivity index (χ0n) is 15.3. The van der Waals surface area contributed by atoms with Crippen LogP contribution in [0.1, 0.15) is 23.2 Å². The van der Waals surface area contributed by atoms with Crippen molar-refractivity contribution in [3.8, 4) is 11.1 Å². The van der Waals surface area contributed by atoms with Crippen molar-refractivity contribution in [2.75, 3.05) is 32.8 Å². The summed E-state index contributed by atoms with van der Waals surface area (Å²) in [5, 5.41) is 0. The molecule has 2 fully saturated rings. The van der Waals surface area contributed by atoms with Crippen LogP contribution in [-0.4, -0.2) is 60.5 Å². The maximum atomic E-state index is 13.2. The lowest BCUT2D eigenvalue weighted by Crippen LogP contribution is -2.51. The van der Waals surface area contributed by atoms with E-state index >= 15 is 0 Å². The zero-order chi connectivity index (χ0) is 18.6. The number of hydrogen-bond donors (Lipinski definition) is 0. The van der Waals surface area contributed by atoms with Gasteiger partial charge < -0.3 is 14.5 Å². The number of nitrogens with zero attached hydrogens (tertiary/aromatic N) is 2. The molecule has 2 aliphatic rings. The molecule has 0 unspecified atom stereocenters. The van der Waals surface area contributed by atoms with Crippen molar-refractivity contribution in [1.29, 1.82) is 0 Å². The van der Waals surface area contributed by atoms with E-state index in [1.54, 1.807) is 4.90 Å². The molecule has 27 heavy (non-hydrogen) atoms. The fourth-order valence-electron chi connectivity index (χ4n) is 3.89. The van der Waals surface area contributed by atoms with Crippen molar-refractivity contribution in [2.45, 2.75) is 18.9 Å². The summed E-state index contributed by atoms with van der Waals surface area (Å²) in [6, 6.07) is 17.3. The number of hydrogen-bond acceptors (Lipinski definition) is 3. The highest BCUT2D eigenvalue weighted by molar-refractivity contribution is 5.98. The quantitative estimate of drug-likeness (QED) is 0.842. The highest BCUT2D eigenvalue weighted by Gasteiger charge is 2.37. The van der Waals surface area contributed by atoms with Crippen molar-refractivity contribution in [1.82, 2.24) is 9.80 Å². The Morgan fingerprint density at radius 3 is 2.41 bits per heavy atom. The van der Waals surface area contributed by atoms with Gasteiger partial charge in [-0.1, -0.05) is 42.5 Å². The third-order valence-electron chi connectivity index (χ3n) is 5.34. The van der Waals surface area contributed by atoms with Crippen LogP contribution in [0.4, 0.5) is 0 Å². The Labute approximate surface area is 159 Å². The fourth-order valence-corrected chi connectivity index (χ4v) is 3.89. The van der Waals surface area contributed by atoms with Gasteiger partial charge in [-0.2, -0.15) is 0 Å². The second kappa shape index (κ2) is 7.92. The second-order valence-electron chi connectivity index (χ2n) is 7.04.